The number of hydrogen-bond acceptors (Lipinski definition) is 8. The number of carbonyl (C=O) groups excluding carboxylic acids is 2. The lowest BCUT2D eigenvalue weighted by atomic mass is 10.0. The first-order chi connectivity index (χ1) is 42.0. The number of unbranched alkanes of at least 4 members (excludes halogenated alkanes) is 21. The molecule has 0 aromatic heterocycles. The lowest BCUT2D eigenvalue weighted by Crippen LogP contribution is -2.37. The molecule has 0 amide bonds. The molecule has 0 bridgehead atoms. The minimum absolute atomic E-state index is 0.0394. The van der Waals surface area contributed by atoms with E-state index in [1.807, 2.05) is 21.1 Å². The average molecular weight is 1210 g/mol. The highest BCUT2D eigenvalue weighted by molar-refractivity contribution is 7.45. The van der Waals surface area contributed by atoms with Gasteiger partial charge < -0.3 is 27.9 Å². The van der Waals surface area contributed by atoms with Gasteiger partial charge in [0.1, 0.15) is 19.8 Å². The molecule has 86 heavy (non-hydrogen) atoms. The van der Waals surface area contributed by atoms with Crippen molar-refractivity contribution >= 4 is 19.8 Å². The fourth-order valence-corrected chi connectivity index (χ4v) is 9.60. The molecule has 0 aliphatic heterocycles. The van der Waals surface area contributed by atoms with Crippen molar-refractivity contribution in [1.82, 2.24) is 0 Å². The van der Waals surface area contributed by atoms with Crippen molar-refractivity contribution in [2.75, 3.05) is 47.5 Å². The highest BCUT2D eigenvalue weighted by Gasteiger charge is 2.22. The summed E-state index contributed by atoms with van der Waals surface area (Å²) in [6, 6.07) is 0. The number of rotatable bonds is 61. The number of esters is 2. The van der Waals surface area contributed by atoms with E-state index in [1.165, 1.54) is 83.5 Å². The van der Waals surface area contributed by atoms with Crippen LogP contribution >= 0.6 is 7.82 Å². The zero-order chi connectivity index (χ0) is 62.6. The number of quaternary nitrogens is 1. The van der Waals surface area contributed by atoms with Crippen molar-refractivity contribution in [2.45, 2.75) is 264 Å². The maximum Gasteiger partial charge on any atom is 0.306 e. The van der Waals surface area contributed by atoms with Crippen LogP contribution in [0.15, 0.2) is 158 Å². The van der Waals surface area contributed by atoms with Gasteiger partial charge in [-0.3, -0.25) is 14.2 Å². The number of ether oxygens (including phenoxy) is 2. The van der Waals surface area contributed by atoms with Crippen LogP contribution in [-0.2, 0) is 32.7 Å². The minimum Gasteiger partial charge on any atom is -0.756 e. The molecule has 2 atom stereocenters. The van der Waals surface area contributed by atoms with Crippen LogP contribution in [-0.4, -0.2) is 70.0 Å². The molecule has 0 aliphatic rings. The summed E-state index contributed by atoms with van der Waals surface area (Å²) in [5.74, 6) is -0.848. The highest BCUT2D eigenvalue weighted by Crippen LogP contribution is 2.38. The van der Waals surface area contributed by atoms with Crippen molar-refractivity contribution in [2.24, 2.45) is 0 Å². The summed E-state index contributed by atoms with van der Waals surface area (Å²) < 4.78 is 34.3. The standard InChI is InChI=1S/C76H126NO8P/c1-6-8-10-12-14-16-18-20-22-24-26-28-30-31-32-33-34-35-36-37-38-39-40-41-42-43-44-45-47-49-51-53-55-57-59-61-63-65-67-69-76(79)85-74(73-84-86(80,81)83-71-70-77(3,4)5)72-82-75(78)68-66-64-62-60-58-56-54-52-50-48-46-29-27-25-23-21-19-17-15-13-11-9-7-2/h8-11,14-17,20-23,26-29,31-32,34-35,37-38,40-41,43-44,74H,6-7,12-13,18-19,24-25,30,33,36,39,42,45-73H2,1-5H3/b10-8-,11-9-,16-14-,17-15-,22-20-,23-21-,28-26-,29-27-,32-31-,35-34-,38-37-,41-40-,44-43-. The molecule has 10 heteroatoms. The van der Waals surface area contributed by atoms with Gasteiger partial charge in [-0.05, 0) is 122 Å². The van der Waals surface area contributed by atoms with E-state index in [1.54, 1.807) is 0 Å². The van der Waals surface area contributed by atoms with Gasteiger partial charge in [-0.25, -0.2) is 0 Å². The molecule has 0 aromatic carbocycles. The van der Waals surface area contributed by atoms with Gasteiger partial charge in [-0.2, -0.15) is 0 Å². The Kier molecular flexibility index (Phi) is 61.8. The molecule has 488 valence electrons. The quantitative estimate of drug-likeness (QED) is 0.0195. The molecule has 9 nitrogen and oxygen atoms in total. The van der Waals surface area contributed by atoms with E-state index in [0.29, 0.717) is 17.4 Å². The lowest BCUT2D eigenvalue weighted by molar-refractivity contribution is -0.870. The summed E-state index contributed by atoms with van der Waals surface area (Å²) in [5.41, 5.74) is 0. The summed E-state index contributed by atoms with van der Waals surface area (Å²) in [4.78, 5) is 38.0. The van der Waals surface area contributed by atoms with Crippen LogP contribution in [0, 0.1) is 0 Å². The van der Waals surface area contributed by atoms with Gasteiger partial charge in [0, 0.05) is 12.8 Å². The minimum atomic E-state index is -4.65. The summed E-state index contributed by atoms with van der Waals surface area (Å²) in [6.07, 6.45) is 97.4. The average Bonchev–Trinajstić information content (AvgIpc) is 3.56. The van der Waals surface area contributed by atoms with Crippen LogP contribution in [0.5, 0.6) is 0 Å². The SMILES string of the molecule is CC/C=C\C/C=C\C/C=C\C/C=C\C/C=C\C/C=C\C/C=C\C/C=C\C/C=C\CCCCCCCCCCCCCC(=O)OC(COC(=O)CCCCCCCCCCCC/C=C\C/C=C\C/C=C\C/C=C\CC)COP(=O)([O-])OCC[N+](C)(C)C. The number of nitrogens with zero attached hydrogens (tertiary/aromatic N) is 1. The van der Waals surface area contributed by atoms with Gasteiger partial charge in [0.05, 0.1) is 27.7 Å². The number of phosphoric ester groups is 1. The Labute approximate surface area is 528 Å². The fraction of sp³-hybridized carbons (Fsp3) is 0.632. The summed E-state index contributed by atoms with van der Waals surface area (Å²) in [6.45, 7) is 4.00. The van der Waals surface area contributed by atoms with E-state index in [2.05, 4.69) is 172 Å². The molecule has 0 radical (unpaired) electrons. The van der Waals surface area contributed by atoms with E-state index in [4.69, 9.17) is 18.5 Å². The first-order valence-corrected chi connectivity index (χ1v) is 35.7. The van der Waals surface area contributed by atoms with Crippen LogP contribution in [0.4, 0.5) is 0 Å². The molecule has 0 fully saturated rings. The van der Waals surface area contributed by atoms with Crippen molar-refractivity contribution in [3.05, 3.63) is 158 Å². The Hall–Kier alpha value is -4.37. The van der Waals surface area contributed by atoms with Gasteiger partial charge in [0.15, 0.2) is 6.10 Å². The summed E-state index contributed by atoms with van der Waals surface area (Å²) in [5, 5.41) is 0. The topological polar surface area (TPSA) is 111 Å². The number of phosphoric acid groups is 1. The van der Waals surface area contributed by atoms with Crippen LogP contribution < -0.4 is 4.89 Å². The predicted molar refractivity (Wildman–Crippen MR) is 369 cm³/mol. The van der Waals surface area contributed by atoms with Crippen molar-refractivity contribution in [1.29, 1.82) is 0 Å². The summed E-state index contributed by atoms with van der Waals surface area (Å²) >= 11 is 0. The fourth-order valence-electron chi connectivity index (χ4n) is 8.88. The smallest absolute Gasteiger partial charge is 0.306 e. The largest absolute Gasteiger partial charge is 0.756 e. The molecule has 0 heterocycles. The molecule has 0 saturated heterocycles. The van der Waals surface area contributed by atoms with Gasteiger partial charge in [0.25, 0.3) is 7.82 Å². The monoisotopic (exact) mass is 1210 g/mol. The van der Waals surface area contributed by atoms with Crippen molar-refractivity contribution < 1.29 is 42.1 Å². The van der Waals surface area contributed by atoms with E-state index < -0.39 is 32.5 Å². The van der Waals surface area contributed by atoms with E-state index in [-0.39, 0.29) is 26.1 Å². The first-order valence-electron chi connectivity index (χ1n) is 34.2. The van der Waals surface area contributed by atoms with Gasteiger partial charge >= 0.3 is 11.9 Å². The second-order valence-electron chi connectivity index (χ2n) is 23.4. The Bertz CT molecular complexity index is 2010. The zero-order valence-corrected chi connectivity index (χ0v) is 56.3. The van der Waals surface area contributed by atoms with Gasteiger partial charge in [-0.15, -0.1) is 0 Å². The van der Waals surface area contributed by atoms with Gasteiger partial charge in [-0.1, -0.05) is 281 Å². The van der Waals surface area contributed by atoms with Crippen LogP contribution in [0.2, 0.25) is 0 Å². The second kappa shape index (κ2) is 65.1. The third-order valence-electron chi connectivity index (χ3n) is 14.0. The number of allylic oxidation sites excluding steroid dienone is 26. The van der Waals surface area contributed by atoms with Crippen molar-refractivity contribution in [3.8, 4) is 0 Å². The Morgan fingerprint density at radius 3 is 0.930 bits per heavy atom. The molecule has 0 rings (SSSR count). The Morgan fingerprint density at radius 2 is 0.628 bits per heavy atom. The molecule has 0 aliphatic carbocycles. The lowest BCUT2D eigenvalue weighted by Gasteiger charge is -2.28. The van der Waals surface area contributed by atoms with Crippen molar-refractivity contribution in [3.63, 3.8) is 0 Å². The maximum absolute atomic E-state index is 12.9. The van der Waals surface area contributed by atoms with Crippen LogP contribution in [0.25, 0.3) is 0 Å². The zero-order valence-electron chi connectivity index (χ0n) is 55.4. The third-order valence-corrected chi connectivity index (χ3v) is 15.0. The third kappa shape index (κ3) is 68.7. The second-order valence-corrected chi connectivity index (χ2v) is 24.8. The highest BCUT2D eigenvalue weighted by atomic mass is 31.2. The molecule has 2 unspecified atom stereocenters. The van der Waals surface area contributed by atoms with E-state index >= 15 is 0 Å². The number of carbonyl (C=O) groups is 2. The summed E-state index contributed by atoms with van der Waals surface area (Å²) in [7, 11) is 1.15. The number of hydrogen-bond donors (Lipinski definition) is 0. The molecule has 0 aromatic rings. The molecule has 0 saturated carbocycles. The molecular formula is C76H126NO8P. The molecular weight excluding hydrogens is 1090 g/mol. The van der Waals surface area contributed by atoms with Crippen LogP contribution in [0.3, 0.4) is 0 Å². The van der Waals surface area contributed by atoms with Crippen LogP contribution in [0.1, 0.15) is 258 Å². The van der Waals surface area contributed by atoms with E-state index in [0.717, 1.165) is 141 Å². The predicted octanol–water partition coefficient (Wildman–Crippen LogP) is 21.7. The van der Waals surface area contributed by atoms with E-state index in [9.17, 15) is 19.0 Å². The Balaban J connectivity index is 4.11. The maximum atomic E-state index is 12.9. The number of likely N-dealkylation sites (N-methyl/N-ethyl adjacent to an activating group) is 1. The Morgan fingerprint density at radius 1 is 0.360 bits per heavy atom. The molecule has 0 spiro atoms. The van der Waals surface area contributed by atoms with Gasteiger partial charge in [0.2, 0.25) is 0 Å². The molecule has 0 N–H and O–H groups in total. The first kappa shape index (κ1) is 81.6. The normalized spacial score (nSPS) is 14.2.